The van der Waals surface area contributed by atoms with Crippen molar-refractivity contribution in [1.82, 2.24) is 24.0 Å². The lowest BCUT2D eigenvalue weighted by Gasteiger charge is -2.56. The SMILES string of the molecule is COc1cn(-c2nc3ccccc3n(C3C[C@H]4CCC[C@@H](C3)N4[C@@H]3C[C@H]4CCCCC3CC4)c2=O)c(=O)[nH]c1=O. The van der Waals surface area contributed by atoms with Gasteiger partial charge in [-0.25, -0.2) is 14.3 Å². The topological polar surface area (TPSA) is 102 Å². The van der Waals surface area contributed by atoms with Crippen molar-refractivity contribution in [2.24, 2.45) is 11.8 Å². The molecule has 4 bridgehead atoms. The second-order valence-electron chi connectivity index (χ2n) is 12.5. The molecule has 2 saturated heterocycles. The molecule has 1 N–H and O–H groups in total. The van der Waals surface area contributed by atoms with Crippen LogP contribution in [-0.2, 0) is 0 Å². The number of rotatable bonds is 4. The summed E-state index contributed by atoms with van der Waals surface area (Å²) in [6, 6.07) is 9.33. The number of ether oxygens (including phenoxy) is 1. The minimum absolute atomic E-state index is 0.0110. The monoisotopic (exact) mass is 545 g/mol. The molecule has 0 amide bonds. The molecule has 9 heteroatoms. The van der Waals surface area contributed by atoms with Crippen LogP contribution in [0, 0.1) is 11.8 Å². The summed E-state index contributed by atoms with van der Waals surface area (Å²) >= 11 is 0. The molecule has 6 atom stereocenters. The van der Waals surface area contributed by atoms with E-state index in [1.807, 2.05) is 28.8 Å². The summed E-state index contributed by atoms with van der Waals surface area (Å²) in [6.07, 6.45) is 16.4. The third-order valence-electron chi connectivity index (χ3n) is 10.4. The van der Waals surface area contributed by atoms with E-state index in [1.165, 1.54) is 77.5 Å². The summed E-state index contributed by atoms with van der Waals surface area (Å²) in [5, 5.41) is 0. The number of piperidine rings is 2. The molecule has 1 aromatic carbocycles. The minimum atomic E-state index is -0.705. The average Bonchev–Trinajstić information content (AvgIpc) is 2.92. The van der Waals surface area contributed by atoms with Gasteiger partial charge in [0.25, 0.3) is 11.1 Å². The Balaban J connectivity index is 1.29. The Morgan fingerprint density at radius 3 is 2.45 bits per heavy atom. The average molecular weight is 546 g/mol. The highest BCUT2D eigenvalue weighted by Gasteiger charge is 2.46. The third kappa shape index (κ3) is 4.33. The molecular weight excluding hydrogens is 506 g/mol. The maximum absolute atomic E-state index is 14.2. The van der Waals surface area contributed by atoms with Gasteiger partial charge in [0, 0.05) is 24.2 Å². The van der Waals surface area contributed by atoms with Gasteiger partial charge < -0.3 is 9.30 Å². The lowest BCUT2D eigenvalue weighted by Crippen LogP contribution is -2.60. The van der Waals surface area contributed by atoms with Gasteiger partial charge in [0.15, 0.2) is 0 Å². The van der Waals surface area contributed by atoms with Crippen molar-refractivity contribution >= 4 is 11.0 Å². The Morgan fingerprint density at radius 2 is 1.65 bits per heavy atom. The van der Waals surface area contributed by atoms with Crippen molar-refractivity contribution in [3.8, 4) is 11.6 Å². The van der Waals surface area contributed by atoms with E-state index in [2.05, 4.69) is 14.9 Å². The van der Waals surface area contributed by atoms with Crippen LogP contribution in [0.2, 0.25) is 0 Å². The molecule has 212 valence electrons. The molecule has 4 heterocycles. The van der Waals surface area contributed by atoms with E-state index < -0.39 is 11.2 Å². The van der Waals surface area contributed by atoms with E-state index in [0.717, 1.165) is 34.8 Å². The quantitative estimate of drug-likeness (QED) is 0.528. The zero-order valence-corrected chi connectivity index (χ0v) is 23.3. The fraction of sp³-hybridized carbons (Fsp3) is 0.613. The van der Waals surface area contributed by atoms with Crippen LogP contribution in [-0.4, -0.2) is 49.2 Å². The summed E-state index contributed by atoms with van der Waals surface area (Å²) in [5.41, 5.74) is -0.200. The van der Waals surface area contributed by atoms with Gasteiger partial charge in [-0.1, -0.05) is 44.2 Å². The van der Waals surface area contributed by atoms with Gasteiger partial charge in [-0.2, -0.15) is 0 Å². The van der Waals surface area contributed by atoms with Crippen LogP contribution in [0.1, 0.15) is 83.1 Å². The molecular formula is C31H39N5O4. The normalized spacial score (nSPS) is 30.6. The number of para-hydroxylation sites is 2. The summed E-state index contributed by atoms with van der Waals surface area (Å²) in [5.74, 6) is 1.64. The minimum Gasteiger partial charge on any atom is -0.490 e. The number of methoxy groups -OCH3 is 1. The van der Waals surface area contributed by atoms with Crippen molar-refractivity contribution in [2.45, 2.75) is 101 Å². The fourth-order valence-corrected chi connectivity index (χ4v) is 8.66. The summed E-state index contributed by atoms with van der Waals surface area (Å²) < 4.78 is 8.16. The highest BCUT2D eigenvalue weighted by Crippen LogP contribution is 2.47. The van der Waals surface area contributed by atoms with E-state index >= 15 is 0 Å². The first-order chi connectivity index (χ1) is 19.5. The predicted octanol–water partition coefficient (Wildman–Crippen LogP) is 4.16. The van der Waals surface area contributed by atoms with E-state index in [-0.39, 0.29) is 23.2 Å². The molecule has 5 aliphatic rings. The molecule has 3 aliphatic carbocycles. The summed E-state index contributed by atoms with van der Waals surface area (Å²) in [4.78, 5) is 49.0. The maximum atomic E-state index is 14.2. The summed E-state index contributed by atoms with van der Waals surface area (Å²) in [7, 11) is 1.36. The standard InChI is InChI=1S/C31H39N5O4/c1-40-27-18-34(31(39)33-29(27)37)28-30(38)36(25-12-5-4-11-24(25)32-28)23-16-21-9-6-10-22(17-23)35(21)26-15-19-7-2-3-8-20(26)14-13-19/h4-5,11-12,18-23,26H,2-3,6-10,13-17H2,1H3,(H,33,37,39)/t19-,20?,21-,22+,23?,26+/m0/s1. The molecule has 3 aromatic rings. The Bertz CT molecular complexity index is 1570. The molecule has 8 rings (SSSR count). The van der Waals surface area contributed by atoms with Crippen molar-refractivity contribution in [1.29, 1.82) is 0 Å². The first-order valence-electron chi connectivity index (χ1n) is 15.2. The summed E-state index contributed by atoms with van der Waals surface area (Å²) in [6.45, 7) is 0. The van der Waals surface area contributed by atoms with Gasteiger partial charge in [0.1, 0.15) is 0 Å². The molecule has 2 unspecified atom stereocenters. The number of aromatic nitrogens is 4. The number of aromatic amines is 1. The Morgan fingerprint density at radius 1 is 0.875 bits per heavy atom. The Kier molecular flexibility index (Phi) is 6.65. The van der Waals surface area contributed by atoms with Crippen LogP contribution in [0.25, 0.3) is 16.9 Å². The predicted molar refractivity (Wildman–Crippen MR) is 153 cm³/mol. The lowest BCUT2D eigenvalue weighted by atomic mass is 9.69. The largest absolute Gasteiger partial charge is 0.490 e. The first-order valence-corrected chi connectivity index (χ1v) is 15.2. The van der Waals surface area contributed by atoms with Crippen LogP contribution in [0.5, 0.6) is 5.75 Å². The number of nitrogens with zero attached hydrogens (tertiary/aromatic N) is 4. The van der Waals surface area contributed by atoms with E-state index in [4.69, 9.17) is 4.74 Å². The van der Waals surface area contributed by atoms with Gasteiger partial charge in [-0.3, -0.25) is 19.5 Å². The molecule has 2 aliphatic heterocycles. The zero-order valence-electron chi connectivity index (χ0n) is 23.3. The van der Waals surface area contributed by atoms with E-state index in [1.54, 1.807) is 0 Å². The number of hydrogen-bond acceptors (Lipinski definition) is 6. The number of benzene rings is 1. The molecule has 40 heavy (non-hydrogen) atoms. The highest BCUT2D eigenvalue weighted by atomic mass is 16.5. The molecule has 0 spiro atoms. The smallest absolute Gasteiger partial charge is 0.334 e. The van der Waals surface area contributed by atoms with Crippen molar-refractivity contribution < 1.29 is 4.74 Å². The molecule has 5 fully saturated rings. The van der Waals surface area contributed by atoms with Crippen LogP contribution < -0.4 is 21.5 Å². The van der Waals surface area contributed by atoms with Crippen molar-refractivity contribution in [3.05, 3.63) is 61.7 Å². The number of H-pyrrole nitrogens is 1. The molecule has 2 aromatic heterocycles. The van der Waals surface area contributed by atoms with Crippen molar-refractivity contribution in [3.63, 3.8) is 0 Å². The zero-order chi connectivity index (χ0) is 27.4. The van der Waals surface area contributed by atoms with Gasteiger partial charge >= 0.3 is 5.69 Å². The second-order valence-corrected chi connectivity index (χ2v) is 12.5. The number of fused-ring (bicyclic) bond motifs is 9. The Hall–Kier alpha value is -3.20. The Labute approximate surface area is 233 Å². The lowest BCUT2D eigenvalue weighted by molar-refractivity contribution is -0.0603. The first kappa shape index (κ1) is 25.7. The third-order valence-corrected chi connectivity index (χ3v) is 10.4. The van der Waals surface area contributed by atoms with Crippen LogP contribution in [0.4, 0.5) is 0 Å². The molecule has 0 radical (unpaired) electrons. The van der Waals surface area contributed by atoms with Crippen LogP contribution in [0.3, 0.4) is 0 Å². The fourth-order valence-electron chi connectivity index (χ4n) is 8.66. The van der Waals surface area contributed by atoms with E-state index in [9.17, 15) is 14.4 Å². The van der Waals surface area contributed by atoms with Crippen molar-refractivity contribution in [2.75, 3.05) is 7.11 Å². The maximum Gasteiger partial charge on any atom is 0.334 e. The molecule has 9 nitrogen and oxygen atoms in total. The number of nitrogens with one attached hydrogen (secondary N) is 1. The van der Waals surface area contributed by atoms with E-state index in [0.29, 0.717) is 23.6 Å². The van der Waals surface area contributed by atoms with Gasteiger partial charge in [-0.05, 0) is 68.9 Å². The number of hydrogen-bond donors (Lipinski definition) is 1. The van der Waals surface area contributed by atoms with Gasteiger partial charge in [0.05, 0.1) is 24.3 Å². The highest BCUT2D eigenvalue weighted by molar-refractivity contribution is 5.75. The second kappa shape index (κ2) is 10.3. The van der Waals surface area contributed by atoms with Crippen LogP contribution >= 0.6 is 0 Å². The van der Waals surface area contributed by atoms with Crippen LogP contribution in [0.15, 0.2) is 44.8 Å². The van der Waals surface area contributed by atoms with Gasteiger partial charge in [0.2, 0.25) is 11.6 Å². The molecule has 3 saturated carbocycles. The van der Waals surface area contributed by atoms with Gasteiger partial charge in [-0.15, -0.1) is 0 Å².